The summed E-state index contributed by atoms with van der Waals surface area (Å²) in [6, 6.07) is 10.1. The van der Waals surface area contributed by atoms with E-state index in [-0.39, 0.29) is 18.8 Å². The van der Waals surface area contributed by atoms with Crippen molar-refractivity contribution < 1.29 is 8.78 Å². The van der Waals surface area contributed by atoms with E-state index in [0.717, 1.165) is 33.1 Å². The first kappa shape index (κ1) is 18.0. The van der Waals surface area contributed by atoms with Gasteiger partial charge in [0.25, 0.3) is 0 Å². The van der Waals surface area contributed by atoms with E-state index >= 15 is 0 Å². The fourth-order valence-electron chi connectivity index (χ4n) is 4.01. The van der Waals surface area contributed by atoms with E-state index in [4.69, 9.17) is 0 Å². The maximum Gasteiger partial charge on any atom is 0.248 e. The Morgan fingerprint density at radius 1 is 1.14 bits per heavy atom. The summed E-state index contributed by atoms with van der Waals surface area (Å²) >= 11 is 0. The molecule has 29 heavy (non-hydrogen) atoms. The molecule has 0 spiro atoms. The van der Waals surface area contributed by atoms with Gasteiger partial charge in [0.15, 0.2) is 0 Å². The van der Waals surface area contributed by atoms with Gasteiger partial charge in [0.05, 0.1) is 5.52 Å². The van der Waals surface area contributed by atoms with Crippen LogP contribution >= 0.6 is 0 Å². The molecule has 0 unspecified atom stereocenters. The Labute approximate surface area is 166 Å². The number of hydrogen-bond donors (Lipinski definition) is 2. The minimum atomic E-state index is -2.49. The molecule has 2 N–H and O–H groups in total. The van der Waals surface area contributed by atoms with Crippen molar-refractivity contribution in [1.82, 2.24) is 19.9 Å². The molecule has 0 atom stereocenters. The van der Waals surface area contributed by atoms with Crippen LogP contribution in [0.1, 0.15) is 25.7 Å². The molecule has 5 rings (SSSR count). The van der Waals surface area contributed by atoms with Crippen LogP contribution in [0.5, 0.6) is 0 Å². The van der Waals surface area contributed by atoms with Crippen molar-refractivity contribution in [3.05, 3.63) is 48.9 Å². The zero-order chi connectivity index (χ0) is 19.8. The Bertz CT molecular complexity index is 1160. The molecular weight excluding hydrogens is 372 g/mol. The van der Waals surface area contributed by atoms with Crippen molar-refractivity contribution in [3.63, 3.8) is 0 Å². The van der Waals surface area contributed by atoms with E-state index in [1.54, 1.807) is 12.4 Å². The Kier molecular flexibility index (Phi) is 4.38. The van der Waals surface area contributed by atoms with Crippen molar-refractivity contribution in [2.75, 3.05) is 11.9 Å². The molecule has 0 aliphatic heterocycles. The molecule has 0 amide bonds. The number of alkyl halides is 2. The van der Waals surface area contributed by atoms with Gasteiger partial charge in [-0.1, -0.05) is 12.1 Å². The Hall–Kier alpha value is -3.09. The molecule has 1 saturated carbocycles. The first-order chi connectivity index (χ1) is 14.1. The van der Waals surface area contributed by atoms with E-state index in [0.29, 0.717) is 25.3 Å². The molecule has 4 aromatic rings. The Balaban J connectivity index is 1.34. The highest BCUT2D eigenvalue weighted by Crippen LogP contribution is 2.36. The van der Waals surface area contributed by atoms with Gasteiger partial charge in [-0.05, 0) is 42.5 Å². The fraction of sp³-hybridized carbons (Fsp3) is 0.318. The summed E-state index contributed by atoms with van der Waals surface area (Å²) in [6.45, 7) is 0.618. The summed E-state index contributed by atoms with van der Waals surface area (Å²) in [6.07, 6.45) is 6.54. The van der Waals surface area contributed by atoms with E-state index in [1.165, 1.54) is 0 Å². The second kappa shape index (κ2) is 7.06. The van der Waals surface area contributed by atoms with Crippen LogP contribution in [0.4, 0.5) is 14.7 Å². The molecular formula is C22H21F2N5. The number of pyridine rings is 1. The highest BCUT2D eigenvalue weighted by Gasteiger charge is 2.34. The number of anilines is 1. The van der Waals surface area contributed by atoms with Crippen molar-refractivity contribution in [1.29, 1.82) is 0 Å². The third-order valence-corrected chi connectivity index (χ3v) is 5.73. The van der Waals surface area contributed by atoms with Gasteiger partial charge in [0.1, 0.15) is 5.65 Å². The van der Waals surface area contributed by atoms with Gasteiger partial charge in [0.2, 0.25) is 11.9 Å². The summed E-state index contributed by atoms with van der Waals surface area (Å²) in [5, 5.41) is 5.23. The van der Waals surface area contributed by atoms with Crippen LogP contribution in [0.15, 0.2) is 48.9 Å². The SMILES string of the molecule is FC1(F)CCC(CNc2ncc3c(-c4ccc5ncccc5c4)c[nH]c3n2)CC1. The largest absolute Gasteiger partial charge is 0.354 e. The van der Waals surface area contributed by atoms with Crippen molar-refractivity contribution in [3.8, 4) is 11.1 Å². The summed E-state index contributed by atoms with van der Waals surface area (Å²) < 4.78 is 26.6. The average molecular weight is 393 g/mol. The summed E-state index contributed by atoms with van der Waals surface area (Å²) in [5.41, 5.74) is 3.81. The van der Waals surface area contributed by atoms with Crippen molar-refractivity contribution in [2.45, 2.75) is 31.6 Å². The number of benzene rings is 1. The second-order valence-corrected chi connectivity index (χ2v) is 7.75. The molecule has 0 radical (unpaired) electrons. The molecule has 7 heteroatoms. The number of rotatable bonds is 4. The predicted molar refractivity (Wildman–Crippen MR) is 110 cm³/mol. The quantitative estimate of drug-likeness (QED) is 0.486. The van der Waals surface area contributed by atoms with Gasteiger partial charge >= 0.3 is 0 Å². The van der Waals surface area contributed by atoms with Crippen LogP contribution < -0.4 is 5.32 Å². The number of aromatic amines is 1. The average Bonchev–Trinajstić information content (AvgIpc) is 3.16. The molecule has 1 aromatic carbocycles. The lowest BCUT2D eigenvalue weighted by Gasteiger charge is -2.28. The molecule has 1 aliphatic carbocycles. The molecule has 0 bridgehead atoms. The maximum atomic E-state index is 13.3. The monoisotopic (exact) mass is 393 g/mol. The van der Waals surface area contributed by atoms with Crippen molar-refractivity contribution >= 4 is 27.9 Å². The third-order valence-electron chi connectivity index (χ3n) is 5.73. The van der Waals surface area contributed by atoms with Gasteiger partial charge in [0, 0.05) is 54.3 Å². The van der Waals surface area contributed by atoms with Crippen LogP contribution in [0, 0.1) is 5.92 Å². The number of aromatic nitrogens is 4. The summed E-state index contributed by atoms with van der Waals surface area (Å²) in [4.78, 5) is 16.6. The molecule has 5 nitrogen and oxygen atoms in total. The van der Waals surface area contributed by atoms with Crippen LogP contribution in [-0.2, 0) is 0 Å². The lowest BCUT2D eigenvalue weighted by molar-refractivity contribution is -0.0443. The normalized spacial score (nSPS) is 17.0. The minimum Gasteiger partial charge on any atom is -0.354 e. The number of nitrogens with zero attached hydrogens (tertiary/aromatic N) is 3. The van der Waals surface area contributed by atoms with Crippen LogP contribution in [0.25, 0.3) is 33.1 Å². The van der Waals surface area contributed by atoms with E-state index in [2.05, 4.69) is 31.3 Å². The standard InChI is InChI=1S/C22H21F2N5/c23-22(24)7-5-14(6-8-22)11-27-21-28-13-18-17(12-26-20(18)29-21)15-3-4-19-16(10-15)2-1-9-25-19/h1-4,9-10,12-14H,5-8,11H2,(H2,26,27,28,29). The van der Waals surface area contributed by atoms with Crippen LogP contribution in [-0.4, -0.2) is 32.4 Å². The smallest absolute Gasteiger partial charge is 0.248 e. The van der Waals surface area contributed by atoms with E-state index in [1.807, 2.05) is 30.5 Å². The highest BCUT2D eigenvalue weighted by atomic mass is 19.3. The first-order valence-corrected chi connectivity index (χ1v) is 9.88. The number of halogens is 2. The lowest BCUT2D eigenvalue weighted by Crippen LogP contribution is -2.28. The van der Waals surface area contributed by atoms with Gasteiger partial charge < -0.3 is 10.3 Å². The molecule has 1 fully saturated rings. The molecule has 3 heterocycles. The number of fused-ring (bicyclic) bond motifs is 2. The topological polar surface area (TPSA) is 66.5 Å². The zero-order valence-electron chi connectivity index (χ0n) is 15.8. The lowest BCUT2D eigenvalue weighted by atomic mass is 9.87. The number of hydrogen-bond acceptors (Lipinski definition) is 4. The van der Waals surface area contributed by atoms with Crippen molar-refractivity contribution in [2.24, 2.45) is 5.92 Å². The zero-order valence-corrected chi connectivity index (χ0v) is 15.8. The third kappa shape index (κ3) is 3.64. The molecule has 0 saturated heterocycles. The number of H-pyrrole nitrogens is 1. The summed E-state index contributed by atoms with van der Waals surface area (Å²) in [7, 11) is 0. The van der Waals surface area contributed by atoms with Gasteiger partial charge in [-0.25, -0.2) is 13.8 Å². The fourth-order valence-corrected chi connectivity index (χ4v) is 4.01. The predicted octanol–water partition coefficient (Wildman–Crippen LogP) is 5.41. The number of nitrogens with one attached hydrogen (secondary N) is 2. The molecule has 3 aromatic heterocycles. The van der Waals surface area contributed by atoms with E-state index < -0.39 is 5.92 Å². The first-order valence-electron chi connectivity index (χ1n) is 9.88. The highest BCUT2D eigenvalue weighted by molar-refractivity contribution is 5.96. The van der Waals surface area contributed by atoms with Crippen LogP contribution in [0.2, 0.25) is 0 Å². The van der Waals surface area contributed by atoms with Gasteiger partial charge in [-0.2, -0.15) is 4.98 Å². The second-order valence-electron chi connectivity index (χ2n) is 7.75. The van der Waals surface area contributed by atoms with E-state index in [9.17, 15) is 8.78 Å². The Morgan fingerprint density at radius 3 is 2.86 bits per heavy atom. The summed E-state index contributed by atoms with van der Waals surface area (Å²) in [5.74, 6) is -1.74. The van der Waals surface area contributed by atoms with Gasteiger partial charge in [-0.15, -0.1) is 0 Å². The van der Waals surface area contributed by atoms with Crippen LogP contribution in [0.3, 0.4) is 0 Å². The van der Waals surface area contributed by atoms with Gasteiger partial charge in [-0.3, -0.25) is 4.98 Å². The minimum absolute atomic E-state index is 0.0273. The Morgan fingerprint density at radius 2 is 2.00 bits per heavy atom. The molecule has 148 valence electrons. The maximum absolute atomic E-state index is 13.3. The molecule has 1 aliphatic rings.